The zero-order valence-corrected chi connectivity index (χ0v) is 12.1. The molecule has 2 heteroatoms. The highest BCUT2D eigenvalue weighted by atomic mass is 79.9. The average Bonchev–Trinajstić information content (AvgIpc) is 2.41. The van der Waals surface area contributed by atoms with Crippen LogP contribution in [-0.4, -0.2) is 6.10 Å². The summed E-state index contributed by atoms with van der Waals surface area (Å²) in [5, 5.41) is 0. The van der Waals surface area contributed by atoms with E-state index in [0.717, 1.165) is 23.1 Å². The number of hydrogen-bond acceptors (Lipinski definition) is 1. The minimum absolute atomic E-state index is 0.230. The molecule has 2 aromatic carbocycles. The quantitative estimate of drug-likeness (QED) is 0.767. The zero-order chi connectivity index (χ0) is 12.8. The molecule has 0 bridgehead atoms. The van der Waals surface area contributed by atoms with Gasteiger partial charge in [-0.1, -0.05) is 53.2 Å². The summed E-state index contributed by atoms with van der Waals surface area (Å²) in [5.41, 5.74) is 1.32. The molecule has 0 N–H and O–H groups in total. The maximum absolute atomic E-state index is 6.00. The fourth-order valence-electron chi connectivity index (χ4n) is 1.85. The number of rotatable bonds is 5. The second kappa shape index (κ2) is 6.60. The molecule has 0 saturated heterocycles. The lowest BCUT2D eigenvalue weighted by molar-refractivity contribution is 0.197. The van der Waals surface area contributed by atoms with Crippen molar-refractivity contribution in [3.05, 3.63) is 64.6 Å². The molecule has 0 fully saturated rings. The Labute approximate surface area is 117 Å². The minimum atomic E-state index is 0.230. The number of benzene rings is 2. The van der Waals surface area contributed by atoms with Crippen LogP contribution in [0, 0.1) is 0 Å². The largest absolute Gasteiger partial charge is 0.490 e. The summed E-state index contributed by atoms with van der Waals surface area (Å²) in [6, 6.07) is 18.5. The number of ether oxygens (including phenoxy) is 1. The third-order valence-electron chi connectivity index (χ3n) is 2.88. The molecule has 1 unspecified atom stereocenters. The topological polar surface area (TPSA) is 9.23 Å². The first-order valence-electron chi connectivity index (χ1n) is 6.24. The van der Waals surface area contributed by atoms with Crippen LogP contribution in [0.4, 0.5) is 0 Å². The summed E-state index contributed by atoms with van der Waals surface area (Å²) in [7, 11) is 0. The highest BCUT2D eigenvalue weighted by Gasteiger charge is 2.09. The Kier molecular flexibility index (Phi) is 4.82. The van der Waals surface area contributed by atoms with Gasteiger partial charge in [0.1, 0.15) is 11.9 Å². The van der Waals surface area contributed by atoms with Gasteiger partial charge >= 0.3 is 0 Å². The van der Waals surface area contributed by atoms with Gasteiger partial charge in [-0.05, 0) is 36.2 Å². The molecule has 0 aliphatic rings. The molecule has 2 rings (SSSR count). The van der Waals surface area contributed by atoms with Crippen molar-refractivity contribution in [1.82, 2.24) is 0 Å². The van der Waals surface area contributed by atoms with E-state index in [1.54, 1.807) is 0 Å². The van der Waals surface area contributed by atoms with E-state index in [1.165, 1.54) is 5.56 Å². The maximum Gasteiger partial charge on any atom is 0.119 e. The lowest BCUT2D eigenvalue weighted by atomic mass is 10.1. The van der Waals surface area contributed by atoms with Crippen LogP contribution in [-0.2, 0) is 6.42 Å². The van der Waals surface area contributed by atoms with Crippen molar-refractivity contribution in [3.8, 4) is 5.75 Å². The predicted octanol–water partition coefficient (Wildman–Crippen LogP) is 4.85. The van der Waals surface area contributed by atoms with E-state index >= 15 is 0 Å². The highest BCUT2D eigenvalue weighted by Crippen LogP contribution is 2.19. The Morgan fingerprint density at radius 3 is 2.28 bits per heavy atom. The van der Waals surface area contributed by atoms with Crippen molar-refractivity contribution in [2.75, 3.05) is 0 Å². The monoisotopic (exact) mass is 304 g/mol. The van der Waals surface area contributed by atoms with Crippen LogP contribution < -0.4 is 4.74 Å². The normalized spacial score (nSPS) is 12.1. The fourth-order valence-corrected chi connectivity index (χ4v) is 2.12. The van der Waals surface area contributed by atoms with Crippen molar-refractivity contribution in [2.24, 2.45) is 0 Å². The van der Waals surface area contributed by atoms with E-state index in [1.807, 2.05) is 30.3 Å². The van der Waals surface area contributed by atoms with E-state index in [0.29, 0.717) is 0 Å². The molecule has 1 nitrogen and oxygen atoms in total. The summed E-state index contributed by atoms with van der Waals surface area (Å²) < 4.78 is 7.08. The molecule has 0 radical (unpaired) electrons. The van der Waals surface area contributed by atoms with Gasteiger partial charge in [0.05, 0.1) is 0 Å². The van der Waals surface area contributed by atoms with Gasteiger partial charge in [-0.15, -0.1) is 0 Å². The third kappa shape index (κ3) is 3.88. The maximum atomic E-state index is 6.00. The molecular weight excluding hydrogens is 288 g/mol. The van der Waals surface area contributed by atoms with Gasteiger partial charge in [0, 0.05) is 10.9 Å². The lowest BCUT2D eigenvalue weighted by Gasteiger charge is -2.17. The zero-order valence-electron chi connectivity index (χ0n) is 10.5. The van der Waals surface area contributed by atoms with Crippen LogP contribution in [0.2, 0.25) is 0 Å². The molecule has 1 atom stereocenters. The molecule has 0 aliphatic heterocycles. The molecule has 0 spiro atoms. The summed E-state index contributed by atoms with van der Waals surface area (Å²) >= 11 is 3.43. The van der Waals surface area contributed by atoms with Crippen molar-refractivity contribution in [1.29, 1.82) is 0 Å². The van der Waals surface area contributed by atoms with Crippen LogP contribution >= 0.6 is 15.9 Å². The highest BCUT2D eigenvalue weighted by molar-refractivity contribution is 9.10. The Bertz CT molecular complexity index is 464. The number of hydrogen-bond donors (Lipinski definition) is 0. The molecule has 2 aromatic rings. The first kappa shape index (κ1) is 13.2. The molecule has 0 saturated carbocycles. The van der Waals surface area contributed by atoms with Gasteiger partial charge in [0.2, 0.25) is 0 Å². The molecule has 0 amide bonds. The Morgan fingerprint density at radius 2 is 1.67 bits per heavy atom. The number of halogens is 1. The molecule has 0 aromatic heterocycles. The van der Waals surface area contributed by atoms with Gasteiger partial charge in [-0.3, -0.25) is 0 Å². The third-order valence-corrected chi connectivity index (χ3v) is 3.41. The van der Waals surface area contributed by atoms with Crippen LogP contribution in [0.15, 0.2) is 59.1 Å². The average molecular weight is 305 g/mol. The van der Waals surface area contributed by atoms with Crippen molar-refractivity contribution < 1.29 is 4.74 Å². The Morgan fingerprint density at radius 1 is 1.00 bits per heavy atom. The van der Waals surface area contributed by atoms with Crippen molar-refractivity contribution in [3.63, 3.8) is 0 Å². The van der Waals surface area contributed by atoms with Crippen LogP contribution in [0.3, 0.4) is 0 Å². The molecule has 18 heavy (non-hydrogen) atoms. The van der Waals surface area contributed by atoms with E-state index in [-0.39, 0.29) is 6.10 Å². The molecule has 0 heterocycles. The van der Waals surface area contributed by atoms with Crippen LogP contribution in [0.5, 0.6) is 5.75 Å². The SMILES string of the molecule is CCC(Cc1ccccc1)Oc1ccc(Br)cc1. The van der Waals surface area contributed by atoms with Crippen molar-refractivity contribution >= 4 is 15.9 Å². The smallest absolute Gasteiger partial charge is 0.119 e. The Balaban J connectivity index is 1.99. The van der Waals surface area contributed by atoms with E-state index < -0.39 is 0 Å². The second-order valence-corrected chi connectivity index (χ2v) is 5.21. The Hall–Kier alpha value is -1.28. The summed E-state index contributed by atoms with van der Waals surface area (Å²) in [4.78, 5) is 0. The predicted molar refractivity (Wildman–Crippen MR) is 79.0 cm³/mol. The standard InChI is InChI=1S/C16H17BrO/c1-2-15(12-13-6-4-3-5-7-13)18-16-10-8-14(17)9-11-16/h3-11,15H,2,12H2,1H3. The van der Waals surface area contributed by atoms with E-state index in [9.17, 15) is 0 Å². The van der Waals surface area contributed by atoms with Gasteiger partial charge in [-0.2, -0.15) is 0 Å². The van der Waals surface area contributed by atoms with Gasteiger partial charge < -0.3 is 4.74 Å². The van der Waals surface area contributed by atoms with Crippen LogP contribution in [0.25, 0.3) is 0 Å². The van der Waals surface area contributed by atoms with Gasteiger partial charge in [-0.25, -0.2) is 0 Å². The molecular formula is C16H17BrO. The first-order chi connectivity index (χ1) is 8.78. The first-order valence-corrected chi connectivity index (χ1v) is 7.03. The fraction of sp³-hybridized carbons (Fsp3) is 0.250. The van der Waals surface area contributed by atoms with Gasteiger partial charge in [0.15, 0.2) is 0 Å². The van der Waals surface area contributed by atoms with E-state index in [2.05, 4.69) is 47.1 Å². The molecule has 94 valence electrons. The minimum Gasteiger partial charge on any atom is -0.490 e. The summed E-state index contributed by atoms with van der Waals surface area (Å²) in [5.74, 6) is 0.931. The summed E-state index contributed by atoms with van der Waals surface area (Å²) in [6.45, 7) is 2.16. The van der Waals surface area contributed by atoms with Gasteiger partial charge in [0.25, 0.3) is 0 Å². The van der Waals surface area contributed by atoms with Crippen LogP contribution in [0.1, 0.15) is 18.9 Å². The molecule has 0 aliphatic carbocycles. The lowest BCUT2D eigenvalue weighted by Crippen LogP contribution is -2.18. The second-order valence-electron chi connectivity index (χ2n) is 4.29. The van der Waals surface area contributed by atoms with E-state index in [4.69, 9.17) is 4.74 Å². The summed E-state index contributed by atoms with van der Waals surface area (Å²) in [6.07, 6.45) is 2.19. The van der Waals surface area contributed by atoms with Crippen molar-refractivity contribution in [2.45, 2.75) is 25.9 Å².